The number of benzene rings is 2. The second-order valence-electron chi connectivity index (χ2n) is 7.13. The Labute approximate surface area is 171 Å². The Hall–Kier alpha value is -2.84. The number of imidazole rings is 1. The number of hydrogen-bond donors (Lipinski definition) is 2. The molecule has 1 aliphatic rings. The number of carbonyl (C=O) groups excluding carboxylic acids is 1. The number of hydrogen-bond acceptors (Lipinski definition) is 4. The van der Waals surface area contributed by atoms with E-state index < -0.39 is 5.82 Å². The van der Waals surface area contributed by atoms with Crippen LogP contribution < -0.4 is 15.9 Å². The summed E-state index contributed by atoms with van der Waals surface area (Å²) in [5, 5.41) is 3.00. The molecule has 0 bridgehead atoms. The molecule has 1 aromatic heterocycles. The molecule has 2 aromatic carbocycles. The molecule has 1 saturated heterocycles. The van der Waals surface area contributed by atoms with Crippen LogP contribution in [-0.2, 0) is 11.8 Å². The van der Waals surface area contributed by atoms with Crippen molar-refractivity contribution in [3.63, 3.8) is 0 Å². The minimum atomic E-state index is -0.428. The molecule has 1 fully saturated rings. The van der Waals surface area contributed by atoms with Crippen LogP contribution in [0, 0.1) is 5.82 Å². The van der Waals surface area contributed by atoms with Gasteiger partial charge in [0.2, 0.25) is 5.91 Å². The van der Waals surface area contributed by atoms with Crippen LogP contribution in [0.2, 0.25) is 5.02 Å². The molecule has 0 spiro atoms. The summed E-state index contributed by atoms with van der Waals surface area (Å²) in [6.45, 7) is 3.07. The number of amides is 1. The van der Waals surface area contributed by atoms with Gasteiger partial charge in [0.1, 0.15) is 5.82 Å². The fourth-order valence-corrected chi connectivity index (χ4v) is 3.67. The zero-order valence-corrected chi connectivity index (χ0v) is 16.7. The fourth-order valence-electron chi connectivity index (χ4n) is 3.55. The predicted octanol–water partition coefficient (Wildman–Crippen LogP) is 2.42. The first-order valence-electron chi connectivity index (χ1n) is 9.32. The number of rotatable bonds is 4. The highest BCUT2D eigenvalue weighted by Crippen LogP contribution is 2.23. The van der Waals surface area contributed by atoms with Gasteiger partial charge in [0, 0.05) is 44.6 Å². The van der Waals surface area contributed by atoms with Crippen molar-refractivity contribution < 1.29 is 9.18 Å². The SMILES string of the molecule is Cn1c(=O)[nH]c2ccc(NC(=O)CN3CCN(c4ccc(Cl)c(F)c4)CC3)cc21. The van der Waals surface area contributed by atoms with E-state index in [-0.39, 0.29) is 23.2 Å². The van der Waals surface area contributed by atoms with Crippen molar-refractivity contribution >= 4 is 39.9 Å². The zero-order chi connectivity index (χ0) is 20.5. The smallest absolute Gasteiger partial charge is 0.326 e. The van der Waals surface area contributed by atoms with E-state index in [4.69, 9.17) is 11.6 Å². The molecule has 0 saturated carbocycles. The molecular weight excluding hydrogens is 397 g/mol. The Balaban J connectivity index is 1.33. The number of aromatic nitrogens is 2. The van der Waals surface area contributed by atoms with Crippen LogP contribution in [0.4, 0.5) is 15.8 Å². The van der Waals surface area contributed by atoms with E-state index >= 15 is 0 Å². The van der Waals surface area contributed by atoms with Gasteiger partial charge < -0.3 is 15.2 Å². The minimum absolute atomic E-state index is 0.113. The molecule has 3 aromatic rings. The molecule has 1 amide bonds. The van der Waals surface area contributed by atoms with Gasteiger partial charge in [-0.1, -0.05) is 11.6 Å². The molecule has 2 heterocycles. The Morgan fingerprint density at radius 1 is 1.17 bits per heavy atom. The number of aryl methyl sites for hydroxylation is 1. The number of anilines is 2. The minimum Gasteiger partial charge on any atom is -0.369 e. The summed E-state index contributed by atoms with van der Waals surface area (Å²) in [7, 11) is 1.68. The highest BCUT2D eigenvalue weighted by atomic mass is 35.5. The number of nitrogens with zero attached hydrogens (tertiary/aromatic N) is 3. The zero-order valence-electron chi connectivity index (χ0n) is 15.9. The molecule has 0 aliphatic carbocycles. The van der Waals surface area contributed by atoms with Gasteiger partial charge in [-0.15, -0.1) is 0 Å². The maximum atomic E-state index is 13.7. The van der Waals surface area contributed by atoms with Gasteiger partial charge in [-0.3, -0.25) is 14.3 Å². The van der Waals surface area contributed by atoms with Crippen molar-refractivity contribution in [1.29, 1.82) is 0 Å². The lowest BCUT2D eigenvalue weighted by Gasteiger charge is -2.35. The van der Waals surface area contributed by atoms with E-state index in [9.17, 15) is 14.0 Å². The van der Waals surface area contributed by atoms with Crippen molar-refractivity contribution in [3.05, 3.63) is 57.7 Å². The molecule has 2 N–H and O–H groups in total. The summed E-state index contributed by atoms with van der Waals surface area (Å²) in [6, 6.07) is 10.1. The van der Waals surface area contributed by atoms with E-state index in [1.54, 1.807) is 37.4 Å². The number of halogens is 2. The second-order valence-corrected chi connectivity index (χ2v) is 7.54. The third-order valence-corrected chi connectivity index (χ3v) is 5.50. The summed E-state index contributed by atoms with van der Waals surface area (Å²) in [4.78, 5) is 31.0. The number of H-pyrrole nitrogens is 1. The first-order valence-corrected chi connectivity index (χ1v) is 9.69. The van der Waals surface area contributed by atoms with Crippen LogP contribution in [0.5, 0.6) is 0 Å². The number of carbonyl (C=O) groups is 1. The first-order chi connectivity index (χ1) is 13.9. The van der Waals surface area contributed by atoms with Crippen molar-refractivity contribution in [2.24, 2.45) is 7.05 Å². The van der Waals surface area contributed by atoms with Gasteiger partial charge in [-0.25, -0.2) is 9.18 Å². The lowest BCUT2D eigenvalue weighted by atomic mass is 10.2. The quantitative estimate of drug-likeness (QED) is 0.683. The normalized spacial score (nSPS) is 15.1. The van der Waals surface area contributed by atoms with Gasteiger partial charge in [-0.2, -0.15) is 0 Å². The maximum absolute atomic E-state index is 13.7. The van der Waals surface area contributed by atoms with Crippen LogP contribution >= 0.6 is 11.6 Å². The lowest BCUT2D eigenvalue weighted by molar-refractivity contribution is -0.117. The van der Waals surface area contributed by atoms with Gasteiger partial charge in [0.05, 0.1) is 22.6 Å². The summed E-state index contributed by atoms with van der Waals surface area (Å²) in [5.74, 6) is -0.543. The highest BCUT2D eigenvalue weighted by molar-refractivity contribution is 6.30. The van der Waals surface area contributed by atoms with Gasteiger partial charge in [0.15, 0.2) is 0 Å². The molecule has 1 aliphatic heterocycles. The van der Waals surface area contributed by atoms with E-state index in [1.807, 2.05) is 0 Å². The molecule has 4 rings (SSSR count). The Morgan fingerprint density at radius 2 is 1.93 bits per heavy atom. The van der Waals surface area contributed by atoms with E-state index in [2.05, 4.69) is 20.1 Å². The Kier molecular flexibility index (Phi) is 5.29. The molecule has 152 valence electrons. The average Bonchev–Trinajstić information content (AvgIpc) is 2.98. The molecular formula is C20H21ClFN5O2. The van der Waals surface area contributed by atoms with E-state index in [0.717, 1.165) is 16.7 Å². The molecule has 29 heavy (non-hydrogen) atoms. The second kappa shape index (κ2) is 7.88. The Bertz CT molecular complexity index is 1120. The van der Waals surface area contributed by atoms with Crippen molar-refractivity contribution in [2.45, 2.75) is 0 Å². The number of nitrogens with one attached hydrogen (secondary N) is 2. The summed E-state index contributed by atoms with van der Waals surface area (Å²) >= 11 is 5.74. The number of aromatic amines is 1. The summed E-state index contributed by atoms with van der Waals surface area (Å²) in [6.07, 6.45) is 0. The van der Waals surface area contributed by atoms with Crippen LogP contribution in [0.25, 0.3) is 11.0 Å². The monoisotopic (exact) mass is 417 g/mol. The van der Waals surface area contributed by atoms with Crippen LogP contribution in [0.3, 0.4) is 0 Å². The number of fused-ring (bicyclic) bond motifs is 1. The average molecular weight is 418 g/mol. The van der Waals surface area contributed by atoms with E-state index in [0.29, 0.717) is 31.9 Å². The van der Waals surface area contributed by atoms with Crippen LogP contribution in [0.1, 0.15) is 0 Å². The first kappa shape index (κ1) is 19.5. The summed E-state index contributed by atoms with van der Waals surface area (Å²) in [5.41, 5.74) is 2.71. The fraction of sp³-hybridized carbons (Fsp3) is 0.300. The molecule has 0 atom stereocenters. The summed E-state index contributed by atoms with van der Waals surface area (Å²) < 4.78 is 15.2. The lowest BCUT2D eigenvalue weighted by Crippen LogP contribution is -2.48. The van der Waals surface area contributed by atoms with E-state index in [1.165, 1.54) is 10.6 Å². The molecule has 0 unspecified atom stereocenters. The van der Waals surface area contributed by atoms with Crippen LogP contribution in [-0.4, -0.2) is 53.1 Å². The highest BCUT2D eigenvalue weighted by Gasteiger charge is 2.20. The largest absolute Gasteiger partial charge is 0.369 e. The standard InChI is InChI=1S/C20H21ClFN5O2/c1-25-18-10-13(2-5-17(18)24-20(25)29)23-19(28)12-26-6-8-27(9-7-26)14-3-4-15(21)16(22)11-14/h2-5,10-11H,6-9,12H2,1H3,(H,23,28)(H,24,29). The predicted molar refractivity (Wildman–Crippen MR) is 112 cm³/mol. The number of piperazine rings is 1. The Morgan fingerprint density at radius 3 is 2.66 bits per heavy atom. The molecule has 9 heteroatoms. The van der Waals surface area contributed by atoms with Gasteiger partial charge >= 0.3 is 5.69 Å². The van der Waals surface area contributed by atoms with Crippen LogP contribution in [0.15, 0.2) is 41.2 Å². The van der Waals surface area contributed by atoms with Gasteiger partial charge in [-0.05, 0) is 36.4 Å². The topological polar surface area (TPSA) is 73.4 Å². The maximum Gasteiger partial charge on any atom is 0.326 e. The van der Waals surface area contributed by atoms with Crippen molar-refractivity contribution in [3.8, 4) is 0 Å². The van der Waals surface area contributed by atoms with Crippen molar-refractivity contribution in [1.82, 2.24) is 14.5 Å². The third kappa shape index (κ3) is 4.13. The molecule has 7 nitrogen and oxygen atoms in total. The third-order valence-electron chi connectivity index (χ3n) is 5.20. The van der Waals surface area contributed by atoms with Gasteiger partial charge in [0.25, 0.3) is 0 Å². The molecule has 0 radical (unpaired) electrons. The van der Waals surface area contributed by atoms with Crippen molar-refractivity contribution in [2.75, 3.05) is 42.9 Å².